The minimum atomic E-state index is 1.25. The van der Waals surface area contributed by atoms with Crippen LogP contribution in [0.1, 0.15) is 32.6 Å². The lowest BCUT2D eigenvalue weighted by atomic mass is 10.2. The van der Waals surface area contributed by atoms with Crippen LogP contribution < -0.4 is 0 Å². The topological polar surface area (TPSA) is 3.24 Å². The predicted octanol–water partition coefficient (Wildman–Crippen LogP) is 2.13. The lowest BCUT2D eigenvalue weighted by Gasteiger charge is -2.07. The van der Waals surface area contributed by atoms with E-state index in [1.807, 2.05) is 0 Å². The van der Waals surface area contributed by atoms with Gasteiger partial charge in [-0.15, -0.1) is 0 Å². The van der Waals surface area contributed by atoms with Crippen molar-refractivity contribution in [3.63, 3.8) is 0 Å². The average Bonchev–Trinajstić information content (AvgIpc) is 1.80. The third-order valence-corrected chi connectivity index (χ3v) is 1.46. The first-order valence-corrected chi connectivity index (χ1v) is 3.92. The van der Waals surface area contributed by atoms with Gasteiger partial charge >= 0.3 is 0 Å². The van der Waals surface area contributed by atoms with Crippen molar-refractivity contribution in [1.82, 2.24) is 4.90 Å². The Hall–Kier alpha value is -0.0400. The number of nitrogens with zero attached hydrogens (tertiary/aromatic N) is 1. The predicted molar refractivity (Wildman–Crippen MR) is 42.7 cm³/mol. The van der Waals surface area contributed by atoms with Gasteiger partial charge in [0.2, 0.25) is 0 Å². The van der Waals surface area contributed by atoms with Gasteiger partial charge in [-0.3, -0.25) is 0 Å². The van der Waals surface area contributed by atoms with Crippen LogP contribution in [0.25, 0.3) is 0 Å². The molecule has 0 aromatic rings. The summed E-state index contributed by atoms with van der Waals surface area (Å²) in [5.41, 5.74) is 0. The van der Waals surface area contributed by atoms with Crippen molar-refractivity contribution in [2.45, 2.75) is 32.6 Å². The normalized spacial score (nSPS) is 10.7. The zero-order chi connectivity index (χ0) is 7.11. The molecule has 0 amide bonds. The summed E-state index contributed by atoms with van der Waals surface area (Å²) in [5, 5.41) is 0. The molecule has 0 N–H and O–H groups in total. The highest BCUT2D eigenvalue weighted by Crippen LogP contribution is 1.98. The van der Waals surface area contributed by atoms with Crippen LogP contribution in [0.4, 0.5) is 0 Å². The number of rotatable bonds is 5. The maximum atomic E-state index is 2.25. The van der Waals surface area contributed by atoms with Crippen LogP contribution in [-0.4, -0.2) is 25.5 Å². The van der Waals surface area contributed by atoms with Gasteiger partial charge in [-0.1, -0.05) is 26.2 Å². The van der Waals surface area contributed by atoms with Crippen molar-refractivity contribution >= 4 is 0 Å². The molecular weight excluding hydrogens is 110 g/mol. The van der Waals surface area contributed by atoms with Crippen molar-refractivity contribution in [3.05, 3.63) is 0 Å². The second kappa shape index (κ2) is 6.09. The van der Waals surface area contributed by atoms with Crippen LogP contribution in [0.2, 0.25) is 0 Å². The van der Waals surface area contributed by atoms with Gasteiger partial charge in [0.05, 0.1) is 0 Å². The maximum absolute atomic E-state index is 2.25. The largest absolute Gasteiger partial charge is 0.309 e. The highest BCUT2D eigenvalue weighted by atomic mass is 15.0. The van der Waals surface area contributed by atoms with E-state index in [1.54, 1.807) is 0 Å². The van der Waals surface area contributed by atoms with Gasteiger partial charge in [0.25, 0.3) is 0 Å². The minimum Gasteiger partial charge on any atom is -0.309 e. The second-order valence-electron chi connectivity index (χ2n) is 2.86. The number of unbranched alkanes of at least 4 members (excludes halogenated alkanes) is 3. The summed E-state index contributed by atoms with van der Waals surface area (Å²) in [6.07, 6.45) is 5.50. The summed E-state index contributed by atoms with van der Waals surface area (Å²) in [7, 11) is 4.26. The SMILES string of the molecule is CCCCCCN(C)C. The average molecular weight is 129 g/mol. The van der Waals surface area contributed by atoms with Crippen LogP contribution in [0.15, 0.2) is 0 Å². The fourth-order valence-corrected chi connectivity index (χ4v) is 0.855. The Bertz CT molecular complexity index is 50.5. The molecule has 0 aromatic heterocycles. The summed E-state index contributed by atoms with van der Waals surface area (Å²) >= 11 is 0. The molecule has 0 saturated carbocycles. The molecule has 0 aliphatic heterocycles. The molecule has 0 rings (SSSR count). The molecule has 9 heavy (non-hydrogen) atoms. The van der Waals surface area contributed by atoms with E-state index >= 15 is 0 Å². The Morgan fingerprint density at radius 3 is 2.11 bits per heavy atom. The molecule has 0 radical (unpaired) electrons. The first kappa shape index (κ1) is 8.96. The van der Waals surface area contributed by atoms with Crippen LogP contribution in [0.5, 0.6) is 0 Å². The Balaban J connectivity index is 2.75. The lowest BCUT2D eigenvalue weighted by molar-refractivity contribution is 0.391. The third-order valence-electron chi connectivity index (χ3n) is 1.46. The van der Waals surface area contributed by atoms with Crippen LogP contribution in [0, 0.1) is 0 Å². The van der Waals surface area contributed by atoms with Gasteiger partial charge in [-0.2, -0.15) is 0 Å². The number of hydrogen-bond donors (Lipinski definition) is 0. The molecule has 56 valence electrons. The molecule has 1 nitrogen and oxygen atoms in total. The molecule has 0 aliphatic carbocycles. The van der Waals surface area contributed by atoms with Crippen molar-refractivity contribution in [2.24, 2.45) is 0 Å². The van der Waals surface area contributed by atoms with Gasteiger partial charge < -0.3 is 4.90 Å². The molecule has 0 unspecified atom stereocenters. The third kappa shape index (κ3) is 7.96. The molecule has 0 heterocycles. The highest BCUT2D eigenvalue weighted by molar-refractivity contribution is 4.44. The minimum absolute atomic E-state index is 1.25. The highest BCUT2D eigenvalue weighted by Gasteiger charge is 1.88. The van der Waals surface area contributed by atoms with Crippen LogP contribution in [-0.2, 0) is 0 Å². The molecule has 0 fully saturated rings. The Labute approximate surface area is 59.1 Å². The summed E-state index contributed by atoms with van der Waals surface area (Å²) in [4.78, 5) is 2.25. The van der Waals surface area contributed by atoms with Gasteiger partial charge in [-0.25, -0.2) is 0 Å². The molecule has 1 heteroatoms. The van der Waals surface area contributed by atoms with Gasteiger partial charge in [0, 0.05) is 0 Å². The van der Waals surface area contributed by atoms with E-state index in [4.69, 9.17) is 0 Å². The van der Waals surface area contributed by atoms with Crippen molar-refractivity contribution < 1.29 is 0 Å². The molecule has 0 saturated heterocycles. The van der Waals surface area contributed by atoms with E-state index in [-0.39, 0.29) is 0 Å². The first-order valence-electron chi connectivity index (χ1n) is 3.92. The molecular formula is C8H19N. The molecule has 0 bridgehead atoms. The van der Waals surface area contributed by atoms with Crippen molar-refractivity contribution in [3.8, 4) is 0 Å². The standard InChI is InChI=1S/C8H19N/c1-4-5-6-7-8-9(2)3/h4-8H2,1-3H3. The number of hydrogen-bond acceptors (Lipinski definition) is 1. The van der Waals surface area contributed by atoms with E-state index in [9.17, 15) is 0 Å². The quantitative estimate of drug-likeness (QED) is 0.514. The zero-order valence-corrected chi connectivity index (χ0v) is 6.98. The monoisotopic (exact) mass is 129 g/mol. The van der Waals surface area contributed by atoms with E-state index in [0.29, 0.717) is 0 Å². The Morgan fingerprint density at radius 1 is 1.00 bits per heavy atom. The Morgan fingerprint density at radius 2 is 1.67 bits per heavy atom. The fraction of sp³-hybridized carbons (Fsp3) is 1.00. The molecule has 0 aromatic carbocycles. The summed E-state index contributed by atoms with van der Waals surface area (Å²) in [6, 6.07) is 0. The fourth-order valence-electron chi connectivity index (χ4n) is 0.855. The summed E-state index contributed by atoms with van der Waals surface area (Å²) < 4.78 is 0. The zero-order valence-electron chi connectivity index (χ0n) is 6.98. The van der Waals surface area contributed by atoms with Crippen LogP contribution in [0.3, 0.4) is 0 Å². The molecule has 0 aliphatic rings. The van der Waals surface area contributed by atoms with E-state index in [1.165, 1.54) is 32.2 Å². The molecule has 0 atom stereocenters. The van der Waals surface area contributed by atoms with Gasteiger partial charge in [0.15, 0.2) is 0 Å². The van der Waals surface area contributed by atoms with E-state index in [2.05, 4.69) is 25.9 Å². The van der Waals surface area contributed by atoms with Crippen molar-refractivity contribution in [1.29, 1.82) is 0 Å². The summed E-state index contributed by atoms with van der Waals surface area (Å²) in [5.74, 6) is 0. The van der Waals surface area contributed by atoms with Gasteiger partial charge in [-0.05, 0) is 27.1 Å². The smallest absolute Gasteiger partial charge is 0.00248 e. The molecule has 0 spiro atoms. The Kier molecular flexibility index (Phi) is 6.06. The van der Waals surface area contributed by atoms with E-state index < -0.39 is 0 Å². The second-order valence-corrected chi connectivity index (χ2v) is 2.86. The first-order chi connectivity index (χ1) is 4.27. The van der Waals surface area contributed by atoms with Gasteiger partial charge in [0.1, 0.15) is 0 Å². The summed E-state index contributed by atoms with van der Waals surface area (Å²) in [6.45, 7) is 3.50. The van der Waals surface area contributed by atoms with E-state index in [0.717, 1.165) is 0 Å². The maximum Gasteiger partial charge on any atom is -0.00248 e. The lowest BCUT2D eigenvalue weighted by Crippen LogP contribution is -2.12. The van der Waals surface area contributed by atoms with Crippen molar-refractivity contribution in [2.75, 3.05) is 20.6 Å². The van der Waals surface area contributed by atoms with Crippen LogP contribution >= 0.6 is 0 Å².